The van der Waals surface area contributed by atoms with Gasteiger partial charge in [-0.3, -0.25) is 0 Å². The van der Waals surface area contributed by atoms with Crippen LogP contribution in [0.15, 0.2) is 0 Å². The summed E-state index contributed by atoms with van der Waals surface area (Å²) < 4.78 is 2.95. The number of hydrogen-bond acceptors (Lipinski definition) is 0. The molecule has 0 radical (unpaired) electrons. The molecular weight excluding hydrogens is 331 g/mol. The summed E-state index contributed by atoms with van der Waals surface area (Å²) >= 11 is 2.64. The zero-order valence-electron chi connectivity index (χ0n) is 7.25. The molecule has 0 amide bonds. The molecule has 2 heteroatoms. The van der Waals surface area contributed by atoms with Crippen LogP contribution in [0.2, 0.25) is 9.28 Å². The van der Waals surface area contributed by atoms with Crippen LogP contribution in [0.5, 0.6) is 0 Å². The maximum absolute atomic E-state index is 2.68. The monoisotopic (exact) mass is 348 g/mol. The number of rotatable bonds is 4. The van der Waals surface area contributed by atoms with Gasteiger partial charge in [0.25, 0.3) is 0 Å². The molecule has 0 fully saturated rings. The molecule has 0 saturated carbocycles. The molecule has 0 heterocycles. The van der Waals surface area contributed by atoms with Crippen LogP contribution in [0.3, 0.4) is 0 Å². The van der Waals surface area contributed by atoms with E-state index in [2.05, 4.69) is 46.7 Å². The molecule has 68 valence electrons. The van der Waals surface area contributed by atoms with Gasteiger partial charge in [0.15, 0.2) is 0 Å². The van der Waals surface area contributed by atoms with E-state index in [-0.39, 0.29) is 14.6 Å². The minimum atomic E-state index is -0.0319. The molecule has 0 aromatic rings. The van der Waals surface area contributed by atoms with Crippen molar-refractivity contribution in [1.82, 2.24) is 0 Å². The molecule has 10 heavy (non-hydrogen) atoms. The Balaban J connectivity index is 3.34. The Morgan fingerprint density at radius 2 is 1.30 bits per heavy atom. The van der Waals surface area contributed by atoms with E-state index in [9.17, 15) is 0 Å². The van der Waals surface area contributed by atoms with Gasteiger partial charge in [-0.15, -0.1) is 0 Å². The average Bonchev–Trinajstić information content (AvgIpc) is 1.58. The van der Waals surface area contributed by atoms with Gasteiger partial charge in [-0.1, -0.05) is 0 Å². The van der Waals surface area contributed by atoms with Gasteiger partial charge in [-0.05, 0) is 0 Å². The second kappa shape index (κ2) is 6.04. The standard InChI is InChI=1S/2C4H9.Ag.HI/c2*1-4(2)3;;/h2*4H,1H2,2-3H3;;1H/q;;+1;/p-1. The van der Waals surface area contributed by atoms with Crippen LogP contribution in [0.4, 0.5) is 0 Å². The third-order valence-corrected chi connectivity index (χ3v) is 7.64. The zero-order valence-corrected chi connectivity index (χ0v) is 10.9. The van der Waals surface area contributed by atoms with Gasteiger partial charge in [0.2, 0.25) is 0 Å². The van der Waals surface area contributed by atoms with Gasteiger partial charge in [-0.25, -0.2) is 0 Å². The fourth-order valence-corrected chi connectivity index (χ4v) is 9.74. The summed E-state index contributed by atoms with van der Waals surface area (Å²) in [5.74, 6) is 1.82. The van der Waals surface area contributed by atoms with E-state index in [1.807, 2.05) is 0 Å². The van der Waals surface area contributed by atoms with E-state index >= 15 is 0 Å². The second-order valence-electron chi connectivity index (χ2n) is 3.35. The quantitative estimate of drug-likeness (QED) is 0.530. The third-order valence-electron chi connectivity index (χ3n) is 0.759. The molecule has 0 atom stereocenters. The van der Waals surface area contributed by atoms with Crippen LogP contribution >= 0.6 is 19.0 Å². The van der Waals surface area contributed by atoms with E-state index in [0.717, 1.165) is 11.8 Å². The molecule has 0 nitrogen and oxygen atoms in total. The van der Waals surface area contributed by atoms with Gasteiger partial charge in [0.05, 0.1) is 0 Å². The van der Waals surface area contributed by atoms with Gasteiger partial charge in [-0.2, -0.15) is 0 Å². The summed E-state index contributed by atoms with van der Waals surface area (Å²) in [7, 11) is 0. The van der Waals surface area contributed by atoms with Crippen molar-refractivity contribution in [2.24, 2.45) is 11.8 Å². The van der Waals surface area contributed by atoms with Crippen LogP contribution < -0.4 is 0 Å². The van der Waals surface area contributed by atoms with Crippen molar-refractivity contribution >= 4 is 19.0 Å². The molecule has 0 rings (SSSR count). The maximum atomic E-state index is 2.68. The van der Waals surface area contributed by atoms with E-state index in [1.54, 1.807) is 0 Å². The van der Waals surface area contributed by atoms with Crippen molar-refractivity contribution in [3.8, 4) is 0 Å². The zero-order chi connectivity index (χ0) is 8.15. The molecule has 0 aliphatic carbocycles. The molecule has 0 spiro atoms. The summed E-state index contributed by atoms with van der Waals surface area (Å²) in [5.41, 5.74) is 0. The predicted molar refractivity (Wildman–Crippen MR) is 53.3 cm³/mol. The predicted octanol–water partition coefficient (Wildman–Crippen LogP) is 4.10. The molecule has 0 aliphatic heterocycles. The van der Waals surface area contributed by atoms with Crippen molar-refractivity contribution in [3.05, 3.63) is 0 Å². The van der Waals surface area contributed by atoms with Gasteiger partial charge >= 0.3 is 82.5 Å². The van der Waals surface area contributed by atoms with Crippen LogP contribution in [0.1, 0.15) is 27.7 Å². The van der Waals surface area contributed by atoms with E-state index in [4.69, 9.17) is 0 Å². The molecule has 0 aromatic carbocycles. The number of hydrogen-bond donors (Lipinski definition) is 0. The summed E-state index contributed by atoms with van der Waals surface area (Å²) in [6.45, 7) is 9.29. The molecule has 0 bridgehead atoms. The molecule has 0 unspecified atom stereocenters. The topological polar surface area (TPSA) is 0 Å². The first-order valence-corrected chi connectivity index (χ1v) is 10.2. The Morgan fingerprint density at radius 1 is 1.00 bits per heavy atom. The van der Waals surface area contributed by atoms with Gasteiger partial charge in [0, 0.05) is 0 Å². The van der Waals surface area contributed by atoms with Crippen molar-refractivity contribution in [2.45, 2.75) is 37.0 Å². The van der Waals surface area contributed by atoms with E-state index in [0.29, 0.717) is 0 Å². The fourth-order valence-electron chi connectivity index (χ4n) is 0.585. The normalized spacial score (nSPS) is 12.9. The van der Waals surface area contributed by atoms with Crippen LogP contribution in [0, 0.1) is 11.8 Å². The van der Waals surface area contributed by atoms with Crippen LogP contribution in [0.25, 0.3) is 0 Å². The SMILES string of the molecule is CC(C)[CH2][Ag]([I])[CH2]C(C)C. The van der Waals surface area contributed by atoms with Crippen molar-refractivity contribution < 1.29 is 14.6 Å². The van der Waals surface area contributed by atoms with Crippen molar-refractivity contribution in [1.29, 1.82) is 0 Å². The molecule has 0 saturated heterocycles. The molecular formula is C8H18AgI. The molecule has 0 aromatic heterocycles. The first-order chi connectivity index (χ1) is 4.52. The first kappa shape index (κ1) is 11.5. The molecule has 0 N–H and O–H groups in total. The molecule has 0 aliphatic rings. The first-order valence-electron chi connectivity index (χ1n) is 3.67. The van der Waals surface area contributed by atoms with E-state index < -0.39 is 0 Å². The summed E-state index contributed by atoms with van der Waals surface area (Å²) in [6.07, 6.45) is 0. The summed E-state index contributed by atoms with van der Waals surface area (Å²) in [5, 5.41) is 0. The Morgan fingerprint density at radius 3 is 1.50 bits per heavy atom. The third kappa shape index (κ3) is 7.58. The summed E-state index contributed by atoms with van der Waals surface area (Å²) in [4.78, 5) is 0. The Labute approximate surface area is 81.8 Å². The van der Waals surface area contributed by atoms with Gasteiger partial charge < -0.3 is 0 Å². The summed E-state index contributed by atoms with van der Waals surface area (Å²) in [6, 6.07) is 0. The Hall–Kier alpha value is 1.47. The van der Waals surface area contributed by atoms with Crippen LogP contribution in [-0.4, -0.2) is 0 Å². The minimum absolute atomic E-state index is 0.0319. The van der Waals surface area contributed by atoms with Crippen molar-refractivity contribution in [3.63, 3.8) is 0 Å². The second-order valence-corrected chi connectivity index (χ2v) is 11.5. The Kier molecular flexibility index (Phi) is 6.93. The van der Waals surface area contributed by atoms with Gasteiger partial charge in [0.1, 0.15) is 0 Å². The van der Waals surface area contributed by atoms with E-state index in [1.165, 1.54) is 9.28 Å². The Bertz CT molecular complexity index is 71.3. The number of halogens is 1. The van der Waals surface area contributed by atoms with Crippen LogP contribution in [-0.2, 0) is 14.6 Å². The average molecular weight is 349 g/mol. The fraction of sp³-hybridized carbons (Fsp3) is 1.00. The van der Waals surface area contributed by atoms with Crippen molar-refractivity contribution in [2.75, 3.05) is 0 Å².